The standard InChI is InChI=1S/C52H34.C40H26S.C32H20S/c1-3-19-35(20-4-1)37-23-7-9-25-39(37)49-41-27-11-15-31-45(41)51(46-32-16-12-28-42(46)49)52-47-33-17-13-29-43(47)50(44-30-14-18-34-48(44)52)40-26-10-8-24-38(40)36-21-5-2-6-22-36;1-2-11-28(12-3-1)37-24-25-38(41-37)29-19-21-30(22-20-29)39-33-14-6-8-16-35(33)40(36-17-9-7-15-34(36)39)32-23-18-27-10-4-5-13-31(27)26-32;1-2-10-21(11-3-1)31-25-13-4-6-15-27(25)32(28-16-7-5-14-26(28)31)22-18-19-24-23-12-8-9-17-29(23)33-30(24)20-22/h1-34H;1-26H;1-20H. The highest BCUT2D eigenvalue weighted by atomic mass is 32.1. The van der Waals surface area contributed by atoms with Crippen molar-refractivity contribution in [3.05, 3.63) is 485 Å². The zero-order valence-electron chi connectivity index (χ0n) is 69.0. The average Bonchev–Trinajstić information content (AvgIpc) is 0.740. The second-order valence-electron chi connectivity index (χ2n) is 32.5. The Kier molecular flexibility index (Phi) is 19.5. The van der Waals surface area contributed by atoms with Gasteiger partial charge in [0.1, 0.15) is 0 Å². The van der Waals surface area contributed by atoms with Crippen LogP contribution in [0.2, 0.25) is 0 Å². The minimum Gasteiger partial charge on any atom is -0.135 e. The Labute approximate surface area is 740 Å². The van der Waals surface area contributed by atoms with Gasteiger partial charge in [0.25, 0.3) is 0 Å². The molecule has 2 aromatic heterocycles. The monoisotopic (exact) mass is 1630 g/mol. The second-order valence-corrected chi connectivity index (χ2v) is 34.7. The quantitative estimate of drug-likeness (QED) is 0.113. The summed E-state index contributed by atoms with van der Waals surface area (Å²) < 4.78 is 2.69. The van der Waals surface area contributed by atoms with Gasteiger partial charge in [-0.25, -0.2) is 0 Å². The summed E-state index contributed by atoms with van der Waals surface area (Å²) in [6.07, 6.45) is 0. The zero-order chi connectivity index (χ0) is 83.4. The Morgan fingerprint density at radius 2 is 0.357 bits per heavy atom. The molecule has 126 heavy (non-hydrogen) atoms. The van der Waals surface area contributed by atoms with Crippen molar-refractivity contribution in [2.45, 2.75) is 0 Å². The maximum absolute atomic E-state index is 2.39. The van der Waals surface area contributed by atoms with Crippen molar-refractivity contribution in [3.63, 3.8) is 0 Å². The summed E-state index contributed by atoms with van der Waals surface area (Å²) in [6.45, 7) is 0. The molecule has 2 heteroatoms. The molecule has 0 nitrogen and oxygen atoms in total. The van der Waals surface area contributed by atoms with Gasteiger partial charge in [-0.3, -0.25) is 0 Å². The summed E-state index contributed by atoms with van der Waals surface area (Å²) >= 11 is 3.73. The third-order valence-corrected chi connectivity index (χ3v) is 27.7. The van der Waals surface area contributed by atoms with Crippen LogP contribution in [0.15, 0.2) is 485 Å². The van der Waals surface area contributed by atoms with Gasteiger partial charge in [-0.15, -0.1) is 22.7 Å². The Balaban J connectivity index is 0.000000112. The highest BCUT2D eigenvalue weighted by molar-refractivity contribution is 7.25. The highest BCUT2D eigenvalue weighted by Crippen LogP contribution is 2.54. The summed E-state index contributed by atoms with van der Waals surface area (Å²) in [7, 11) is 0. The number of hydrogen-bond donors (Lipinski definition) is 0. The van der Waals surface area contributed by atoms with Gasteiger partial charge in [0, 0.05) is 29.9 Å². The molecule has 0 bridgehead atoms. The molecule has 0 aliphatic heterocycles. The number of rotatable bonds is 11. The summed E-state index contributed by atoms with van der Waals surface area (Å²) in [6, 6.07) is 177. The Hall–Kier alpha value is -15.7. The number of benzene rings is 23. The van der Waals surface area contributed by atoms with E-state index in [0.29, 0.717) is 0 Å². The highest BCUT2D eigenvalue weighted by Gasteiger charge is 2.26. The molecule has 25 aromatic rings. The normalized spacial score (nSPS) is 11.5. The van der Waals surface area contributed by atoms with Crippen LogP contribution in [-0.4, -0.2) is 0 Å². The molecule has 0 spiro atoms. The Bertz CT molecular complexity index is 8060. The van der Waals surface area contributed by atoms with Crippen molar-refractivity contribution in [1.82, 2.24) is 0 Å². The predicted molar refractivity (Wildman–Crippen MR) is 547 cm³/mol. The lowest BCUT2D eigenvalue weighted by molar-refractivity contribution is 1.60. The molecule has 0 saturated carbocycles. The molecule has 0 aliphatic carbocycles. The molecular weight excluding hydrogens is 1550 g/mol. The molecule has 0 saturated heterocycles. The van der Waals surface area contributed by atoms with Gasteiger partial charge in [0.15, 0.2) is 0 Å². The van der Waals surface area contributed by atoms with E-state index in [1.165, 1.54) is 238 Å². The van der Waals surface area contributed by atoms with Crippen LogP contribution in [0.4, 0.5) is 0 Å². The molecule has 23 aromatic carbocycles. The van der Waals surface area contributed by atoms with Gasteiger partial charge < -0.3 is 0 Å². The minimum absolute atomic E-state index is 1.22. The molecule has 25 rings (SSSR count). The topological polar surface area (TPSA) is 0 Å². The van der Waals surface area contributed by atoms with Crippen molar-refractivity contribution in [3.8, 4) is 121 Å². The SMILES string of the molecule is c1ccc(-c2c3ccccc3c(-c3ccc4c(c3)sc3ccccc34)c3ccccc23)cc1.c1ccc(-c2ccc(-c3ccc(-c4c5ccccc5c(-c5ccc6ccccc6c5)c5ccccc45)cc3)s2)cc1.c1ccc(-c2ccccc2-c2c3ccccc3c(-c3c4ccccc4c(-c4ccccc4-c4ccccc4)c4ccccc34)c3ccccc23)cc1. The molecule has 588 valence electrons. The predicted octanol–water partition coefficient (Wildman–Crippen LogP) is 36.2. The number of thiophene rings is 2. The summed E-state index contributed by atoms with van der Waals surface area (Å²) in [5.41, 5.74) is 25.3. The van der Waals surface area contributed by atoms with Gasteiger partial charge in [-0.05, 0) is 239 Å². The van der Waals surface area contributed by atoms with Crippen molar-refractivity contribution in [2.24, 2.45) is 0 Å². The van der Waals surface area contributed by atoms with Crippen molar-refractivity contribution in [2.75, 3.05) is 0 Å². The van der Waals surface area contributed by atoms with E-state index in [9.17, 15) is 0 Å². The van der Waals surface area contributed by atoms with Crippen molar-refractivity contribution >= 4 is 140 Å². The molecular formula is C124H80S2. The van der Waals surface area contributed by atoms with Crippen LogP contribution in [-0.2, 0) is 0 Å². The first-order valence-electron chi connectivity index (χ1n) is 43.3. The lowest BCUT2D eigenvalue weighted by Crippen LogP contribution is -1.96. The van der Waals surface area contributed by atoms with Gasteiger partial charge in [-0.2, -0.15) is 0 Å². The van der Waals surface area contributed by atoms with Crippen LogP contribution >= 0.6 is 22.7 Å². The van der Waals surface area contributed by atoms with E-state index in [0.717, 1.165) is 0 Å². The molecule has 0 unspecified atom stereocenters. The molecule has 0 fully saturated rings. The summed E-state index contributed by atoms with van der Waals surface area (Å²) in [5, 5.41) is 25.6. The van der Waals surface area contributed by atoms with Crippen LogP contribution in [0, 0.1) is 0 Å². The van der Waals surface area contributed by atoms with Crippen LogP contribution in [0.1, 0.15) is 0 Å². The molecule has 0 atom stereocenters. The van der Waals surface area contributed by atoms with Crippen molar-refractivity contribution < 1.29 is 0 Å². The molecule has 0 radical (unpaired) electrons. The van der Waals surface area contributed by atoms with Gasteiger partial charge >= 0.3 is 0 Å². The smallest absolute Gasteiger partial charge is 0.0361 e. The van der Waals surface area contributed by atoms with E-state index in [2.05, 4.69) is 485 Å². The fourth-order valence-electron chi connectivity index (χ4n) is 19.9. The Morgan fingerprint density at radius 1 is 0.111 bits per heavy atom. The second kappa shape index (κ2) is 32.6. The summed E-state index contributed by atoms with van der Waals surface area (Å²) in [5.74, 6) is 0. The third-order valence-electron chi connectivity index (χ3n) is 25.4. The maximum atomic E-state index is 2.39. The van der Waals surface area contributed by atoms with E-state index >= 15 is 0 Å². The lowest BCUT2D eigenvalue weighted by atomic mass is 9.79. The van der Waals surface area contributed by atoms with Crippen LogP contribution in [0.5, 0.6) is 0 Å². The molecule has 0 N–H and O–H groups in total. The van der Waals surface area contributed by atoms with E-state index in [-0.39, 0.29) is 0 Å². The largest absolute Gasteiger partial charge is 0.135 e. The van der Waals surface area contributed by atoms with Crippen molar-refractivity contribution in [1.29, 1.82) is 0 Å². The molecule has 0 amide bonds. The maximum Gasteiger partial charge on any atom is 0.0361 e. The van der Waals surface area contributed by atoms with E-state index in [4.69, 9.17) is 0 Å². The lowest BCUT2D eigenvalue weighted by Gasteiger charge is -2.23. The van der Waals surface area contributed by atoms with Gasteiger partial charge in [0.05, 0.1) is 0 Å². The first-order chi connectivity index (χ1) is 62.6. The van der Waals surface area contributed by atoms with E-state index < -0.39 is 0 Å². The summed E-state index contributed by atoms with van der Waals surface area (Å²) in [4.78, 5) is 2.59. The van der Waals surface area contributed by atoms with Crippen LogP contribution < -0.4 is 0 Å². The Morgan fingerprint density at radius 3 is 0.754 bits per heavy atom. The first kappa shape index (κ1) is 75.3. The molecule has 2 heterocycles. The number of fused-ring (bicyclic) bond motifs is 12. The number of hydrogen-bond acceptors (Lipinski definition) is 2. The molecule has 0 aliphatic rings. The first-order valence-corrected chi connectivity index (χ1v) is 45.0. The van der Waals surface area contributed by atoms with E-state index in [1.54, 1.807) is 0 Å². The van der Waals surface area contributed by atoms with Crippen LogP contribution in [0.25, 0.3) is 238 Å². The fraction of sp³-hybridized carbons (Fsp3) is 0. The average molecular weight is 1630 g/mol. The van der Waals surface area contributed by atoms with Gasteiger partial charge in [0.2, 0.25) is 0 Å². The van der Waals surface area contributed by atoms with Crippen LogP contribution in [0.3, 0.4) is 0 Å². The minimum atomic E-state index is 1.22. The fourth-order valence-corrected chi connectivity index (χ4v) is 22.1. The van der Waals surface area contributed by atoms with E-state index in [1.807, 2.05) is 22.7 Å². The third kappa shape index (κ3) is 13.4. The van der Waals surface area contributed by atoms with Gasteiger partial charge in [-0.1, -0.05) is 455 Å². The zero-order valence-corrected chi connectivity index (χ0v) is 70.6.